The fourth-order valence-corrected chi connectivity index (χ4v) is 3.05. The Hall–Kier alpha value is -2.08. The lowest BCUT2D eigenvalue weighted by Gasteiger charge is -2.13. The van der Waals surface area contributed by atoms with Crippen molar-refractivity contribution in [2.45, 2.75) is 13.8 Å². The summed E-state index contributed by atoms with van der Waals surface area (Å²) in [6, 6.07) is 18.0. The number of hydrogen-bond acceptors (Lipinski definition) is 0. The van der Waals surface area contributed by atoms with Crippen molar-refractivity contribution >= 4 is 32.3 Å². The normalized spacial score (nSPS) is 11.9. The maximum atomic E-state index is 2.30. The molecule has 0 saturated heterocycles. The van der Waals surface area contributed by atoms with E-state index >= 15 is 0 Å². The predicted molar refractivity (Wildman–Crippen MR) is 79.6 cm³/mol. The van der Waals surface area contributed by atoms with Gasteiger partial charge in [-0.15, -0.1) is 0 Å². The second-order valence-electron chi connectivity index (χ2n) is 5.26. The van der Waals surface area contributed by atoms with Crippen molar-refractivity contribution in [2.24, 2.45) is 0 Å². The van der Waals surface area contributed by atoms with Crippen LogP contribution in [0.15, 0.2) is 48.5 Å². The molecule has 0 N–H and O–H groups in total. The van der Waals surface area contributed by atoms with Gasteiger partial charge in [0.25, 0.3) is 0 Å². The summed E-state index contributed by atoms with van der Waals surface area (Å²) in [6.07, 6.45) is 0. The Morgan fingerprint density at radius 2 is 0.778 bits per heavy atom. The van der Waals surface area contributed by atoms with E-state index in [2.05, 4.69) is 62.4 Å². The van der Waals surface area contributed by atoms with Crippen molar-refractivity contribution in [3.63, 3.8) is 0 Å². The Balaban J connectivity index is 2.38. The third kappa shape index (κ3) is 1.15. The molecule has 0 aliphatic rings. The molecule has 0 heterocycles. The molecule has 0 radical (unpaired) electrons. The van der Waals surface area contributed by atoms with Crippen LogP contribution < -0.4 is 0 Å². The predicted octanol–water partition coefficient (Wildman–Crippen LogP) is 5.20. The van der Waals surface area contributed by atoms with E-state index in [1.165, 1.54) is 43.4 Å². The fraction of sp³-hybridized carbons (Fsp3) is 0.111. The molecule has 0 aliphatic heterocycles. The SMILES string of the molecule is Cc1ccc2c3ccc(c2c1)c1cc(C)ccc31. The summed E-state index contributed by atoms with van der Waals surface area (Å²) in [5.74, 6) is 0. The highest BCUT2D eigenvalue weighted by molar-refractivity contribution is 6.27. The monoisotopic (exact) mass is 230 g/mol. The lowest BCUT2D eigenvalue weighted by Crippen LogP contribution is -1.86. The van der Waals surface area contributed by atoms with Gasteiger partial charge in [0, 0.05) is 0 Å². The summed E-state index contributed by atoms with van der Waals surface area (Å²) in [5.41, 5.74) is 2.66. The molecule has 0 nitrogen and oxygen atoms in total. The van der Waals surface area contributed by atoms with Crippen LogP contribution in [0.4, 0.5) is 0 Å². The van der Waals surface area contributed by atoms with E-state index in [0.29, 0.717) is 0 Å². The number of aryl methyl sites for hydroxylation is 2. The molecule has 0 aliphatic carbocycles. The zero-order chi connectivity index (χ0) is 12.3. The first-order chi connectivity index (χ1) is 8.74. The Bertz CT molecular complexity index is 818. The van der Waals surface area contributed by atoms with Gasteiger partial charge in [0.2, 0.25) is 0 Å². The molecular formula is C18H14. The van der Waals surface area contributed by atoms with Crippen molar-refractivity contribution in [1.82, 2.24) is 0 Å². The van der Waals surface area contributed by atoms with E-state index < -0.39 is 0 Å². The van der Waals surface area contributed by atoms with E-state index in [-0.39, 0.29) is 0 Å². The molecule has 0 spiro atoms. The van der Waals surface area contributed by atoms with Gasteiger partial charge in [-0.2, -0.15) is 0 Å². The zero-order valence-electron chi connectivity index (χ0n) is 10.6. The van der Waals surface area contributed by atoms with Crippen molar-refractivity contribution in [2.75, 3.05) is 0 Å². The summed E-state index contributed by atoms with van der Waals surface area (Å²) in [7, 11) is 0. The topological polar surface area (TPSA) is 0 Å². The third-order valence-electron chi connectivity index (χ3n) is 3.93. The fourth-order valence-electron chi connectivity index (χ4n) is 3.05. The first kappa shape index (κ1) is 9.90. The van der Waals surface area contributed by atoms with Crippen LogP contribution >= 0.6 is 0 Å². The molecule has 0 fully saturated rings. The molecule has 0 unspecified atom stereocenters. The van der Waals surface area contributed by atoms with Crippen molar-refractivity contribution in [3.05, 3.63) is 59.7 Å². The van der Waals surface area contributed by atoms with Crippen LogP contribution in [0.5, 0.6) is 0 Å². The molecule has 5 rings (SSSR count). The molecule has 0 atom stereocenters. The minimum atomic E-state index is 1.33. The van der Waals surface area contributed by atoms with Crippen LogP contribution in [0.2, 0.25) is 0 Å². The van der Waals surface area contributed by atoms with Crippen molar-refractivity contribution < 1.29 is 0 Å². The molecule has 18 heavy (non-hydrogen) atoms. The Kier molecular flexibility index (Phi) is 1.78. The average molecular weight is 230 g/mol. The van der Waals surface area contributed by atoms with Crippen LogP contribution in [-0.4, -0.2) is 0 Å². The van der Waals surface area contributed by atoms with Gasteiger partial charge in [0.15, 0.2) is 0 Å². The molecule has 0 saturated carbocycles. The molecule has 0 aromatic heterocycles. The van der Waals surface area contributed by atoms with E-state index in [9.17, 15) is 0 Å². The van der Waals surface area contributed by atoms with Crippen LogP contribution in [0.25, 0.3) is 32.3 Å². The van der Waals surface area contributed by atoms with Crippen molar-refractivity contribution in [3.8, 4) is 0 Å². The summed E-state index contributed by atoms with van der Waals surface area (Å²) in [5, 5.41) is 8.30. The summed E-state index contributed by atoms with van der Waals surface area (Å²) < 4.78 is 0. The van der Waals surface area contributed by atoms with Crippen LogP contribution in [0, 0.1) is 13.8 Å². The maximum Gasteiger partial charge on any atom is -0.00963 e. The quantitative estimate of drug-likeness (QED) is 0.364. The van der Waals surface area contributed by atoms with Gasteiger partial charge in [-0.25, -0.2) is 0 Å². The largest absolute Gasteiger partial charge is 0.0587 e. The van der Waals surface area contributed by atoms with Crippen molar-refractivity contribution in [1.29, 1.82) is 0 Å². The summed E-state index contributed by atoms with van der Waals surface area (Å²) >= 11 is 0. The third-order valence-corrected chi connectivity index (χ3v) is 3.93. The highest BCUT2D eigenvalue weighted by Crippen LogP contribution is 2.37. The lowest BCUT2D eigenvalue weighted by atomic mass is 9.90. The Morgan fingerprint density at radius 1 is 0.444 bits per heavy atom. The molecule has 0 amide bonds. The summed E-state index contributed by atoms with van der Waals surface area (Å²) in [6.45, 7) is 4.32. The second kappa shape index (κ2) is 3.23. The van der Waals surface area contributed by atoms with E-state index in [4.69, 9.17) is 0 Å². The maximum absolute atomic E-state index is 2.30. The first-order valence-corrected chi connectivity index (χ1v) is 6.39. The van der Waals surface area contributed by atoms with Gasteiger partial charge >= 0.3 is 0 Å². The minimum Gasteiger partial charge on any atom is -0.0587 e. The van der Waals surface area contributed by atoms with Gasteiger partial charge in [-0.05, 0) is 46.2 Å². The molecule has 0 heteroatoms. The van der Waals surface area contributed by atoms with Gasteiger partial charge in [-0.1, -0.05) is 59.7 Å². The minimum absolute atomic E-state index is 1.33. The molecule has 5 aromatic carbocycles. The van der Waals surface area contributed by atoms with E-state index in [0.717, 1.165) is 0 Å². The van der Waals surface area contributed by atoms with Gasteiger partial charge in [0.05, 0.1) is 0 Å². The lowest BCUT2D eigenvalue weighted by molar-refractivity contribution is 1.50. The smallest absolute Gasteiger partial charge is 0.00963 e. The van der Waals surface area contributed by atoms with Crippen LogP contribution in [-0.2, 0) is 0 Å². The number of hydrogen-bond donors (Lipinski definition) is 0. The molecule has 5 aromatic rings. The molecular weight excluding hydrogens is 216 g/mol. The number of rotatable bonds is 0. The second-order valence-corrected chi connectivity index (χ2v) is 5.26. The number of fused-ring (bicyclic) bond motifs is 1. The highest BCUT2D eigenvalue weighted by atomic mass is 14.1. The van der Waals surface area contributed by atoms with E-state index in [1.807, 2.05) is 0 Å². The Morgan fingerprint density at radius 3 is 1.28 bits per heavy atom. The van der Waals surface area contributed by atoms with Gasteiger partial charge in [-0.3, -0.25) is 0 Å². The number of benzene rings is 5. The first-order valence-electron chi connectivity index (χ1n) is 6.39. The average Bonchev–Trinajstić information content (AvgIpc) is 2.38. The Labute approximate surface area is 106 Å². The van der Waals surface area contributed by atoms with Crippen LogP contribution in [0.1, 0.15) is 11.1 Å². The zero-order valence-corrected chi connectivity index (χ0v) is 10.6. The van der Waals surface area contributed by atoms with E-state index in [1.54, 1.807) is 0 Å². The van der Waals surface area contributed by atoms with Gasteiger partial charge in [0.1, 0.15) is 0 Å². The molecule has 86 valence electrons. The highest BCUT2D eigenvalue weighted by Gasteiger charge is 2.10. The standard InChI is InChI=1S/C18H14/c1-11-3-5-14-13-7-8-16(17(14)9-11)18-10-12(2)4-6-15(13)18/h3-10H,1-2H3. The van der Waals surface area contributed by atoms with Crippen LogP contribution in [0.3, 0.4) is 0 Å². The molecule has 2 bridgehead atoms. The van der Waals surface area contributed by atoms with Gasteiger partial charge < -0.3 is 0 Å². The summed E-state index contributed by atoms with van der Waals surface area (Å²) in [4.78, 5) is 0.